The van der Waals surface area contributed by atoms with Crippen LogP contribution in [0.3, 0.4) is 0 Å². The van der Waals surface area contributed by atoms with Crippen LogP contribution in [0.2, 0.25) is 5.02 Å². The molecular formula is C22H18ClN5O2S2. The quantitative estimate of drug-likeness (QED) is 0.332. The van der Waals surface area contributed by atoms with Crippen LogP contribution in [0.4, 0.5) is 5.82 Å². The molecule has 0 aliphatic rings. The van der Waals surface area contributed by atoms with Crippen molar-refractivity contribution in [1.29, 1.82) is 0 Å². The third-order valence-corrected chi connectivity index (χ3v) is 7.91. The molecule has 0 aliphatic carbocycles. The van der Waals surface area contributed by atoms with Crippen molar-refractivity contribution in [3.05, 3.63) is 76.6 Å². The molecule has 3 heterocycles. The van der Waals surface area contributed by atoms with Crippen molar-refractivity contribution in [2.75, 3.05) is 11.9 Å². The van der Waals surface area contributed by atoms with Crippen LogP contribution in [0, 0.1) is 0 Å². The van der Waals surface area contributed by atoms with Gasteiger partial charge in [-0.3, -0.25) is 0 Å². The molecule has 0 atom stereocenters. The number of benzene rings is 2. The molecule has 2 aromatic carbocycles. The summed E-state index contributed by atoms with van der Waals surface area (Å²) in [5.41, 5.74) is 2.22. The number of aromatic nitrogens is 4. The van der Waals surface area contributed by atoms with Gasteiger partial charge in [0.15, 0.2) is 5.65 Å². The third kappa shape index (κ3) is 3.83. The van der Waals surface area contributed by atoms with E-state index in [1.165, 1.54) is 45.7 Å². The summed E-state index contributed by atoms with van der Waals surface area (Å²) in [5, 5.41) is 13.6. The predicted molar refractivity (Wildman–Crippen MR) is 126 cm³/mol. The minimum absolute atomic E-state index is 0.0916. The van der Waals surface area contributed by atoms with Gasteiger partial charge in [-0.2, -0.15) is 4.52 Å². The number of thiophene rings is 1. The fourth-order valence-electron chi connectivity index (χ4n) is 3.49. The fourth-order valence-corrected chi connectivity index (χ4v) is 5.68. The SMILES string of the molecule is O=S(=O)(c1ccc(Cl)cc1)c1nnn2c1nc(NCCCc1ccccc1)c1sccc12. The van der Waals surface area contributed by atoms with E-state index in [1.807, 2.05) is 29.6 Å². The highest BCUT2D eigenvalue weighted by atomic mass is 35.5. The summed E-state index contributed by atoms with van der Waals surface area (Å²) in [6.07, 6.45) is 1.85. The molecule has 10 heteroatoms. The van der Waals surface area contributed by atoms with E-state index in [0.717, 1.165) is 23.1 Å². The first-order valence-corrected chi connectivity index (χ1v) is 12.7. The average molecular weight is 484 g/mol. The van der Waals surface area contributed by atoms with E-state index in [-0.39, 0.29) is 15.6 Å². The number of halogens is 1. The van der Waals surface area contributed by atoms with E-state index in [9.17, 15) is 8.42 Å². The number of hydrogen-bond acceptors (Lipinski definition) is 7. The minimum atomic E-state index is -3.91. The van der Waals surface area contributed by atoms with E-state index >= 15 is 0 Å². The molecule has 0 saturated carbocycles. The van der Waals surface area contributed by atoms with Crippen molar-refractivity contribution in [3.8, 4) is 0 Å². The molecule has 1 N–H and O–H groups in total. The normalized spacial score (nSPS) is 11.9. The van der Waals surface area contributed by atoms with Gasteiger partial charge in [0.05, 0.1) is 15.1 Å². The highest BCUT2D eigenvalue weighted by Gasteiger charge is 2.27. The summed E-state index contributed by atoms with van der Waals surface area (Å²) in [7, 11) is -3.91. The van der Waals surface area contributed by atoms with Gasteiger partial charge in [0.2, 0.25) is 14.9 Å². The van der Waals surface area contributed by atoms with Gasteiger partial charge in [0.1, 0.15) is 5.82 Å². The van der Waals surface area contributed by atoms with Crippen molar-refractivity contribution in [1.82, 2.24) is 19.8 Å². The van der Waals surface area contributed by atoms with Gasteiger partial charge < -0.3 is 5.32 Å². The van der Waals surface area contributed by atoms with Crippen LogP contribution < -0.4 is 5.32 Å². The van der Waals surface area contributed by atoms with Crippen molar-refractivity contribution in [2.24, 2.45) is 0 Å². The van der Waals surface area contributed by atoms with Crippen molar-refractivity contribution >= 4 is 54.5 Å². The molecule has 162 valence electrons. The van der Waals surface area contributed by atoms with Crippen LogP contribution in [0.5, 0.6) is 0 Å². The lowest BCUT2D eigenvalue weighted by Crippen LogP contribution is -2.08. The largest absolute Gasteiger partial charge is 0.369 e. The first-order valence-electron chi connectivity index (χ1n) is 9.95. The zero-order valence-electron chi connectivity index (χ0n) is 16.8. The van der Waals surface area contributed by atoms with Crippen molar-refractivity contribution < 1.29 is 8.42 Å². The monoisotopic (exact) mass is 483 g/mol. The van der Waals surface area contributed by atoms with E-state index in [4.69, 9.17) is 11.6 Å². The van der Waals surface area contributed by atoms with Gasteiger partial charge in [-0.15, -0.1) is 16.4 Å². The molecule has 0 fully saturated rings. The van der Waals surface area contributed by atoms with Gasteiger partial charge in [-0.25, -0.2) is 13.4 Å². The number of anilines is 1. The maximum atomic E-state index is 13.2. The van der Waals surface area contributed by atoms with Crippen molar-refractivity contribution in [2.45, 2.75) is 22.8 Å². The molecule has 5 rings (SSSR count). The Hall–Kier alpha value is -3.01. The van der Waals surface area contributed by atoms with Gasteiger partial charge in [-0.05, 0) is 54.1 Å². The highest BCUT2D eigenvalue weighted by Crippen LogP contribution is 2.31. The maximum Gasteiger partial charge on any atom is 0.229 e. The summed E-state index contributed by atoms with van der Waals surface area (Å²) in [4.78, 5) is 4.71. The Morgan fingerprint density at radius 1 is 1.03 bits per heavy atom. The Morgan fingerprint density at radius 3 is 2.59 bits per heavy atom. The molecule has 7 nitrogen and oxygen atoms in total. The average Bonchev–Trinajstić information content (AvgIpc) is 3.45. The zero-order chi connectivity index (χ0) is 22.1. The van der Waals surface area contributed by atoms with Gasteiger partial charge in [0, 0.05) is 11.6 Å². The maximum absolute atomic E-state index is 13.2. The van der Waals surface area contributed by atoms with Crippen LogP contribution in [0.1, 0.15) is 12.0 Å². The smallest absolute Gasteiger partial charge is 0.229 e. The first kappa shape index (κ1) is 20.9. The van der Waals surface area contributed by atoms with E-state index in [2.05, 4.69) is 32.7 Å². The summed E-state index contributed by atoms with van der Waals surface area (Å²) >= 11 is 7.43. The number of sulfone groups is 1. The van der Waals surface area contributed by atoms with Crippen LogP contribution >= 0.6 is 22.9 Å². The van der Waals surface area contributed by atoms with E-state index < -0.39 is 9.84 Å². The summed E-state index contributed by atoms with van der Waals surface area (Å²) in [6.45, 7) is 0.700. The standard InChI is InChI=1S/C22H18ClN5O2S2/c23-16-8-10-17(11-9-16)32(29,30)22-21-25-20(19-18(12-14-31-19)28(21)27-26-22)24-13-4-7-15-5-2-1-3-6-15/h1-3,5-6,8-12,14H,4,7,13H2,(H,24,25). The molecule has 0 unspecified atom stereocenters. The molecule has 5 aromatic rings. The summed E-state index contributed by atoms with van der Waals surface area (Å²) in [6, 6.07) is 18.1. The van der Waals surface area contributed by atoms with E-state index in [1.54, 1.807) is 0 Å². The summed E-state index contributed by atoms with van der Waals surface area (Å²) in [5.74, 6) is 0.630. The number of rotatable bonds is 7. The molecule has 32 heavy (non-hydrogen) atoms. The number of hydrogen-bond donors (Lipinski definition) is 1. The van der Waals surface area contributed by atoms with Gasteiger partial charge in [0.25, 0.3) is 0 Å². The lowest BCUT2D eigenvalue weighted by molar-refractivity contribution is 0.592. The number of aryl methyl sites for hydroxylation is 1. The van der Waals surface area contributed by atoms with Gasteiger partial charge in [-0.1, -0.05) is 47.1 Å². The molecule has 0 saturated heterocycles. The lowest BCUT2D eigenvalue weighted by atomic mass is 10.1. The zero-order valence-corrected chi connectivity index (χ0v) is 19.2. The van der Waals surface area contributed by atoms with Crippen LogP contribution in [0.25, 0.3) is 15.9 Å². The Morgan fingerprint density at radius 2 is 1.81 bits per heavy atom. The highest BCUT2D eigenvalue weighted by molar-refractivity contribution is 7.91. The second-order valence-corrected chi connectivity index (χ2v) is 10.4. The molecule has 0 radical (unpaired) electrons. The van der Waals surface area contributed by atoms with Crippen LogP contribution in [0.15, 0.2) is 76.0 Å². The summed E-state index contributed by atoms with van der Waals surface area (Å²) < 4.78 is 28.8. The molecule has 0 spiro atoms. The third-order valence-electron chi connectivity index (χ3n) is 5.08. The number of nitrogens with zero attached hydrogens (tertiary/aromatic N) is 4. The molecule has 0 amide bonds. The van der Waals surface area contributed by atoms with Crippen LogP contribution in [-0.4, -0.2) is 34.8 Å². The van der Waals surface area contributed by atoms with Crippen LogP contribution in [-0.2, 0) is 16.3 Å². The van der Waals surface area contributed by atoms with E-state index in [0.29, 0.717) is 17.4 Å². The molecule has 0 bridgehead atoms. The first-order chi connectivity index (χ1) is 15.5. The van der Waals surface area contributed by atoms with Gasteiger partial charge >= 0.3 is 0 Å². The fraction of sp³-hybridized carbons (Fsp3) is 0.136. The van der Waals surface area contributed by atoms with Crippen molar-refractivity contribution in [3.63, 3.8) is 0 Å². The Kier molecular flexibility index (Phi) is 5.54. The lowest BCUT2D eigenvalue weighted by Gasteiger charge is -2.08. The molecular weight excluding hydrogens is 466 g/mol. The minimum Gasteiger partial charge on any atom is -0.369 e. The Labute approximate surface area is 193 Å². The number of fused-ring (bicyclic) bond motifs is 3. The number of nitrogens with one attached hydrogen (secondary N) is 1. The second kappa shape index (κ2) is 8.50. The molecule has 3 aromatic heterocycles. The Balaban J connectivity index is 1.48. The predicted octanol–water partition coefficient (Wildman–Crippen LogP) is 4.87. The molecule has 0 aliphatic heterocycles. The topological polar surface area (TPSA) is 89.2 Å². The Bertz CT molecular complexity index is 1500. The second-order valence-electron chi connectivity index (χ2n) is 7.20.